The summed E-state index contributed by atoms with van der Waals surface area (Å²) in [5.41, 5.74) is 0.351. The van der Waals surface area contributed by atoms with Gasteiger partial charge >= 0.3 is 0 Å². The van der Waals surface area contributed by atoms with Gasteiger partial charge in [-0.2, -0.15) is 0 Å². The standard InChI is InChI=1S/C13H7BrCl2FNO/c14-8-1-2-12(11(17)5-8)18-13(19)7-3-9(15)6-10(16)4-7/h1-6H,(H,18,19). The molecule has 0 heterocycles. The van der Waals surface area contributed by atoms with E-state index in [1.807, 2.05) is 0 Å². The molecule has 0 aliphatic carbocycles. The van der Waals surface area contributed by atoms with Crippen LogP contribution in [-0.2, 0) is 0 Å². The summed E-state index contributed by atoms with van der Waals surface area (Å²) >= 11 is 14.7. The van der Waals surface area contributed by atoms with E-state index in [9.17, 15) is 9.18 Å². The van der Waals surface area contributed by atoms with Crippen molar-refractivity contribution in [3.05, 3.63) is 62.3 Å². The van der Waals surface area contributed by atoms with Crippen molar-refractivity contribution in [2.24, 2.45) is 0 Å². The number of hydrogen-bond acceptors (Lipinski definition) is 1. The molecule has 2 rings (SSSR count). The molecule has 1 amide bonds. The lowest BCUT2D eigenvalue weighted by Gasteiger charge is -2.07. The van der Waals surface area contributed by atoms with Crippen LogP contribution >= 0.6 is 39.1 Å². The number of carbonyl (C=O) groups is 1. The first kappa shape index (κ1) is 14.3. The minimum absolute atomic E-state index is 0.0873. The van der Waals surface area contributed by atoms with E-state index in [1.54, 1.807) is 6.07 Å². The maximum Gasteiger partial charge on any atom is 0.255 e. The van der Waals surface area contributed by atoms with Gasteiger partial charge in [-0.15, -0.1) is 0 Å². The van der Waals surface area contributed by atoms with E-state index < -0.39 is 11.7 Å². The SMILES string of the molecule is O=C(Nc1ccc(Br)cc1F)c1cc(Cl)cc(Cl)c1. The number of halogens is 4. The Kier molecular flexibility index (Phi) is 4.45. The Morgan fingerprint density at radius 1 is 1.11 bits per heavy atom. The van der Waals surface area contributed by atoms with Gasteiger partial charge in [0.25, 0.3) is 5.91 Å². The first-order chi connectivity index (χ1) is 8.95. The van der Waals surface area contributed by atoms with Crippen LogP contribution in [0, 0.1) is 5.82 Å². The fraction of sp³-hybridized carbons (Fsp3) is 0. The molecule has 0 aliphatic heterocycles. The molecule has 0 spiro atoms. The van der Waals surface area contributed by atoms with Crippen molar-refractivity contribution in [3.8, 4) is 0 Å². The van der Waals surface area contributed by atoms with Gasteiger partial charge in [0.2, 0.25) is 0 Å². The molecule has 2 nitrogen and oxygen atoms in total. The second-order valence-corrected chi connectivity index (χ2v) is 5.52. The fourth-order valence-electron chi connectivity index (χ4n) is 1.47. The second kappa shape index (κ2) is 5.90. The van der Waals surface area contributed by atoms with E-state index in [0.717, 1.165) is 0 Å². The Labute approximate surface area is 127 Å². The maximum atomic E-state index is 13.6. The lowest BCUT2D eigenvalue weighted by molar-refractivity contribution is 0.102. The molecular formula is C13H7BrCl2FNO. The molecule has 0 fully saturated rings. The lowest BCUT2D eigenvalue weighted by Crippen LogP contribution is -2.13. The van der Waals surface area contributed by atoms with E-state index in [4.69, 9.17) is 23.2 Å². The molecule has 98 valence electrons. The molecule has 19 heavy (non-hydrogen) atoms. The number of nitrogens with one attached hydrogen (secondary N) is 1. The highest BCUT2D eigenvalue weighted by atomic mass is 79.9. The van der Waals surface area contributed by atoms with Crippen molar-refractivity contribution in [1.29, 1.82) is 0 Å². The van der Waals surface area contributed by atoms with Gasteiger partial charge in [-0.1, -0.05) is 39.1 Å². The Morgan fingerprint density at radius 3 is 2.32 bits per heavy atom. The van der Waals surface area contributed by atoms with Gasteiger partial charge in [0.05, 0.1) is 5.69 Å². The molecule has 0 saturated heterocycles. The zero-order valence-electron chi connectivity index (χ0n) is 9.38. The Morgan fingerprint density at radius 2 is 1.74 bits per heavy atom. The van der Waals surface area contributed by atoms with Gasteiger partial charge in [-0.05, 0) is 36.4 Å². The van der Waals surface area contributed by atoms with Crippen LogP contribution in [0.2, 0.25) is 10.0 Å². The number of rotatable bonds is 2. The lowest BCUT2D eigenvalue weighted by atomic mass is 10.2. The number of benzene rings is 2. The Bertz CT molecular complexity index is 628. The minimum atomic E-state index is -0.532. The quantitative estimate of drug-likeness (QED) is 0.786. The predicted molar refractivity (Wildman–Crippen MR) is 78.5 cm³/mol. The summed E-state index contributed by atoms with van der Waals surface area (Å²) in [6.07, 6.45) is 0. The Hall–Kier alpha value is -1.10. The number of amides is 1. The van der Waals surface area contributed by atoms with E-state index in [2.05, 4.69) is 21.2 Å². The van der Waals surface area contributed by atoms with Crippen molar-refractivity contribution in [2.75, 3.05) is 5.32 Å². The summed E-state index contributed by atoms with van der Waals surface area (Å²) in [6, 6.07) is 8.78. The van der Waals surface area contributed by atoms with Crippen molar-refractivity contribution >= 4 is 50.7 Å². The summed E-state index contributed by atoms with van der Waals surface area (Å²) in [7, 11) is 0. The fourth-order valence-corrected chi connectivity index (χ4v) is 2.33. The van der Waals surface area contributed by atoms with Crippen LogP contribution in [0.4, 0.5) is 10.1 Å². The van der Waals surface area contributed by atoms with Crippen molar-refractivity contribution in [3.63, 3.8) is 0 Å². The van der Waals surface area contributed by atoms with Crippen LogP contribution in [0.25, 0.3) is 0 Å². The van der Waals surface area contributed by atoms with Gasteiger partial charge in [0.1, 0.15) is 5.82 Å². The third-order valence-electron chi connectivity index (χ3n) is 2.30. The van der Waals surface area contributed by atoms with Crippen LogP contribution in [0.3, 0.4) is 0 Å². The molecule has 2 aromatic rings. The monoisotopic (exact) mass is 361 g/mol. The van der Waals surface area contributed by atoms with E-state index in [0.29, 0.717) is 14.5 Å². The zero-order valence-corrected chi connectivity index (χ0v) is 12.5. The third-order valence-corrected chi connectivity index (χ3v) is 3.23. The largest absolute Gasteiger partial charge is 0.319 e. The van der Waals surface area contributed by atoms with Gasteiger partial charge in [0, 0.05) is 20.1 Å². The Balaban J connectivity index is 2.25. The molecule has 0 bridgehead atoms. The normalized spacial score (nSPS) is 10.3. The number of anilines is 1. The minimum Gasteiger partial charge on any atom is -0.319 e. The highest BCUT2D eigenvalue weighted by molar-refractivity contribution is 9.10. The first-order valence-electron chi connectivity index (χ1n) is 5.18. The average molecular weight is 363 g/mol. The molecule has 0 atom stereocenters. The molecule has 6 heteroatoms. The van der Waals surface area contributed by atoms with E-state index in [-0.39, 0.29) is 11.3 Å². The van der Waals surface area contributed by atoms with Crippen LogP contribution < -0.4 is 5.32 Å². The van der Waals surface area contributed by atoms with E-state index in [1.165, 1.54) is 30.3 Å². The van der Waals surface area contributed by atoms with Gasteiger partial charge < -0.3 is 5.32 Å². The number of carbonyl (C=O) groups excluding carboxylic acids is 1. The van der Waals surface area contributed by atoms with Gasteiger partial charge in [0.15, 0.2) is 0 Å². The van der Waals surface area contributed by atoms with Gasteiger partial charge in [-0.3, -0.25) is 4.79 Å². The molecule has 0 radical (unpaired) electrons. The maximum absolute atomic E-state index is 13.6. The van der Waals surface area contributed by atoms with Crippen molar-refractivity contribution in [1.82, 2.24) is 0 Å². The third kappa shape index (κ3) is 3.69. The first-order valence-corrected chi connectivity index (χ1v) is 6.73. The summed E-state index contributed by atoms with van der Waals surface area (Å²) in [5, 5.41) is 3.14. The zero-order chi connectivity index (χ0) is 14.0. The summed E-state index contributed by atoms with van der Waals surface area (Å²) in [5.74, 6) is -1.01. The topological polar surface area (TPSA) is 29.1 Å². The summed E-state index contributed by atoms with van der Waals surface area (Å²) < 4.78 is 14.2. The highest BCUT2D eigenvalue weighted by Gasteiger charge is 2.11. The van der Waals surface area contributed by atoms with Crippen molar-refractivity contribution in [2.45, 2.75) is 0 Å². The van der Waals surface area contributed by atoms with Crippen LogP contribution in [0.5, 0.6) is 0 Å². The van der Waals surface area contributed by atoms with Crippen molar-refractivity contribution < 1.29 is 9.18 Å². The molecule has 0 aromatic heterocycles. The van der Waals surface area contributed by atoms with Crippen LogP contribution in [-0.4, -0.2) is 5.91 Å². The van der Waals surface area contributed by atoms with E-state index >= 15 is 0 Å². The predicted octanol–water partition coefficient (Wildman–Crippen LogP) is 5.15. The molecule has 0 aliphatic rings. The summed E-state index contributed by atoms with van der Waals surface area (Å²) in [6.45, 7) is 0. The smallest absolute Gasteiger partial charge is 0.255 e. The van der Waals surface area contributed by atoms with Crippen LogP contribution in [0.1, 0.15) is 10.4 Å². The van der Waals surface area contributed by atoms with Crippen LogP contribution in [0.15, 0.2) is 40.9 Å². The molecule has 2 aromatic carbocycles. The average Bonchev–Trinajstić information content (AvgIpc) is 2.31. The molecule has 0 unspecified atom stereocenters. The molecular weight excluding hydrogens is 356 g/mol. The second-order valence-electron chi connectivity index (χ2n) is 3.74. The van der Waals surface area contributed by atoms with Gasteiger partial charge in [-0.25, -0.2) is 4.39 Å². The molecule has 1 N–H and O–H groups in total. The summed E-state index contributed by atoms with van der Waals surface area (Å²) in [4.78, 5) is 11.9. The highest BCUT2D eigenvalue weighted by Crippen LogP contribution is 2.22. The number of hydrogen-bond donors (Lipinski definition) is 1. The molecule has 0 saturated carbocycles.